The molecule has 5 rings (SSSR count). The van der Waals surface area contributed by atoms with Gasteiger partial charge in [0.1, 0.15) is 0 Å². The predicted molar refractivity (Wildman–Crippen MR) is 214 cm³/mol. The number of rotatable bonds is 16. The number of carbonyl (C=O) groups is 4. The average Bonchev–Trinajstić information content (AvgIpc) is 3.78. The van der Waals surface area contributed by atoms with Crippen molar-refractivity contribution in [3.8, 4) is 0 Å². The van der Waals surface area contributed by atoms with E-state index in [1.165, 1.54) is 10.6 Å². The van der Waals surface area contributed by atoms with Crippen LogP contribution in [0.4, 0.5) is 0 Å². The molecule has 0 bridgehead atoms. The Labute approximate surface area is 325 Å². The van der Waals surface area contributed by atoms with Crippen LogP contribution < -0.4 is 0 Å². The molecule has 0 radical (unpaired) electrons. The number of aromatic nitrogens is 4. The Morgan fingerprint density at radius 2 is 1.02 bits per heavy atom. The second-order valence-electron chi connectivity index (χ2n) is 16.2. The van der Waals surface area contributed by atoms with Gasteiger partial charge in [0.05, 0.1) is 24.2 Å². The van der Waals surface area contributed by atoms with Gasteiger partial charge >= 0.3 is 5.97 Å². The van der Waals surface area contributed by atoms with Crippen LogP contribution >= 0.6 is 0 Å². The summed E-state index contributed by atoms with van der Waals surface area (Å²) in [4.78, 5) is 55.5. The topological polar surface area (TPSA) is 142 Å². The zero-order valence-corrected chi connectivity index (χ0v) is 34.0. The fourth-order valence-electron chi connectivity index (χ4n) is 6.04. The Kier molecular flexibility index (Phi) is 15.8. The summed E-state index contributed by atoms with van der Waals surface area (Å²) in [7, 11) is 0. The van der Waals surface area contributed by atoms with E-state index in [0.717, 1.165) is 57.4 Å². The van der Waals surface area contributed by atoms with Gasteiger partial charge in [-0.2, -0.15) is 10.2 Å². The molecule has 0 aliphatic carbocycles. The molecule has 300 valence electrons. The molecule has 4 aromatic rings. The first-order valence-electron chi connectivity index (χ1n) is 19.8. The van der Waals surface area contributed by atoms with E-state index in [0.29, 0.717) is 72.3 Å². The maximum atomic E-state index is 13.2. The molecule has 0 aromatic carbocycles. The zero-order chi connectivity index (χ0) is 40.2. The van der Waals surface area contributed by atoms with Crippen molar-refractivity contribution < 1.29 is 29.0 Å². The number of aromatic carboxylic acids is 1. The van der Waals surface area contributed by atoms with Crippen LogP contribution in [0.2, 0.25) is 0 Å². The van der Waals surface area contributed by atoms with E-state index in [9.17, 15) is 19.2 Å². The molecule has 1 N–H and O–H groups in total. The maximum Gasteiger partial charge on any atom is 0.356 e. The molecular weight excluding hydrogens is 699 g/mol. The number of fused-ring (bicyclic) bond motifs is 2. The minimum Gasteiger partial charge on any atom is -0.476 e. The van der Waals surface area contributed by atoms with Crippen LogP contribution in [0.5, 0.6) is 0 Å². The number of pyridine rings is 2. The summed E-state index contributed by atoms with van der Waals surface area (Å²) in [6, 6.07) is 10.3. The molecule has 13 heteroatoms. The molecule has 1 aliphatic heterocycles. The summed E-state index contributed by atoms with van der Waals surface area (Å²) in [5.74, 6) is 1.02. The highest BCUT2D eigenvalue weighted by molar-refractivity contribution is 5.97. The van der Waals surface area contributed by atoms with Gasteiger partial charge in [-0.25, -0.2) is 13.8 Å². The molecule has 1 fully saturated rings. The first kappa shape index (κ1) is 43.0. The van der Waals surface area contributed by atoms with Crippen molar-refractivity contribution in [1.29, 1.82) is 0 Å². The lowest BCUT2D eigenvalue weighted by Crippen LogP contribution is -2.40. The highest BCUT2D eigenvalue weighted by Crippen LogP contribution is 2.17. The van der Waals surface area contributed by atoms with Gasteiger partial charge in [0.25, 0.3) is 17.7 Å². The van der Waals surface area contributed by atoms with Gasteiger partial charge < -0.3 is 24.5 Å². The van der Waals surface area contributed by atoms with Gasteiger partial charge in [-0.1, -0.05) is 55.4 Å². The second-order valence-corrected chi connectivity index (χ2v) is 16.2. The maximum absolute atomic E-state index is 13.2. The number of amides is 3. The highest BCUT2D eigenvalue weighted by atomic mass is 16.5. The number of morpholine rings is 1. The fourth-order valence-corrected chi connectivity index (χ4v) is 6.04. The van der Waals surface area contributed by atoms with Crippen LogP contribution in [0.15, 0.2) is 48.8 Å². The smallest absolute Gasteiger partial charge is 0.356 e. The minimum absolute atomic E-state index is 0.0122. The quantitative estimate of drug-likeness (QED) is 0.130. The van der Waals surface area contributed by atoms with Crippen LogP contribution in [-0.4, -0.2) is 115 Å². The first-order valence-corrected chi connectivity index (χ1v) is 19.8. The Morgan fingerprint density at radius 1 is 0.636 bits per heavy atom. The molecule has 3 amide bonds. The summed E-state index contributed by atoms with van der Waals surface area (Å²) in [6.07, 6.45) is 7.29. The lowest BCUT2D eigenvalue weighted by atomic mass is 10.1. The lowest BCUT2D eigenvalue weighted by molar-refractivity contribution is 0.0298. The molecule has 55 heavy (non-hydrogen) atoms. The van der Waals surface area contributed by atoms with E-state index in [4.69, 9.17) is 9.84 Å². The Hall–Kier alpha value is -4.78. The standard InChI is InChI=1S/C23H34N4O3.C19H27N3O3/c1-17(2)5-8-25(9-6-18(3)4)22(28)19-7-10-27-20(15-19)16-21(24-27)23(29)26-11-13-30-14-12-26;1-13(2)5-8-21(9-6-14(3)4)18(23)15-7-10-22-16(11-15)12-17(20-22)19(24)25/h7,10,15-18H,5-6,8-9,11-14H2,1-4H3;7,10-14H,5-6,8-9H2,1-4H3,(H,24,25). The fraction of sp³-hybridized carbons (Fsp3) is 0.571. The summed E-state index contributed by atoms with van der Waals surface area (Å²) in [5.41, 5.74) is 2.94. The molecule has 5 heterocycles. The Morgan fingerprint density at radius 3 is 1.40 bits per heavy atom. The Bertz CT molecular complexity index is 1870. The van der Waals surface area contributed by atoms with Crippen LogP contribution in [0.1, 0.15) is 123 Å². The van der Waals surface area contributed by atoms with Crippen LogP contribution in [0.25, 0.3) is 11.0 Å². The third-order valence-electron chi connectivity index (χ3n) is 9.64. The lowest BCUT2D eigenvalue weighted by Gasteiger charge is -2.25. The third-order valence-corrected chi connectivity index (χ3v) is 9.64. The van der Waals surface area contributed by atoms with Crippen molar-refractivity contribution in [2.75, 3.05) is 52.5 Å². The van der Waals surface area contributed by atoms with Gasteiger partial charge in [0.15, 0.2) is 11.4 Å². The zero-order valence-electron chi connectivity index (χ0n) is 34.0. The highest BCUT2D eigenvalue weighted by Gasteiger charge is 2.23. The average molecular weight is 760 g/mol. The van der Waals surface area contributed by atoms with Gasteiger partial charge in [0.2, 0.25) is 0 Å². The largest absolute Gasteiger partial charge is 0.476 e. The second kappa shape index (κ2) is 20.2. The number of hydrogen-bond acceptors (Lipinski definition) is 7. The monoisotopic (exact) mass is 759 g/mol. The van der Waals surface area contributed by atoms with Crippen molar-refractivity contribution in [3.63, 3.8) is 0 Å². The molecule has 13 nitrogen and oxygen atoms in total. The summed E-state index contributed by atoms with van der Waals surface area (Å²) in [6.45, 7) is 22.6. The van der Waals surface area contributed by atoms with Crippen molar-refractivity contribution in [3.05, 3.63) is 71.3 Å². The van der Waals surface area contributed by atoms with Crippen LogP contribution in [-0.2, 0) is 4.74 Å². The van der Waals surface area contributed by atoms with Gasteiger partial charge in [0, 0.05) is 62.8 Å². The van der Waals surface area contributed by atoms with Crippen molar-refractivity contribution in [1.82, 2.24) is 33.9 Å². The van der Waals surface area contributed by atoms with E-state index in [2.05, 4.69) is 65.6 Å². The molecule has 0 saturated carbocycles. The van der Waals surface area contributed by atoms with Gasteiger partial charge in [-0.05, 0) is 85.8 Å². The van der Waals surface area contributed by atoms with Crippen molar-refractivity contribution >= 4 is 34.7 Å². The van der Waals surface area contributed by atoms with Gasteiger partial charge in [-0.15, -0.1) is 0 Å². The number of carbonyl (C=O) groups excluding carboxylic acids is 3. The SMILES string of the molecule is CC(C)CCN(CCC(C)C)C(=O)c1ccn2nc(C(=O)N3CCOCC3)cc2c1.CC(C)CCN(CCC(C)C)C(=O)c1ccn2nc(C(=O)O)cc2c1. The molecular formula is C42H61N7O6. The van der Waals surface area contributed by atoms with E-state index in [1.807, 2.05) is 15.9 Å². The third kappa shape index (κ3) is 12.6. The summed E-state index contributed by atoms with van der Waals surface area (Å²) < 4.78 is 8.46. The molecule has 0 unspecified atom stereocenters. The normalized spacial score (nSPS) is 13.2. The number of carboxylic acids is 1. The molecule has 0 atom stereocenters. The molecule has 0 spiro atoms. The number of carboxylic acid groups (broad SMARTS) is 1. The molecule has 4 aromatic heterocycles. The Balaban J connectivity index is 0.000000249. The van der Waals surface area contributed by atoms with Crippen LogP contribution in [0, 0.1) is 23.7 Å². The molecule has 1 aliphatic rings. The minimum atomic E-state index is -1.08. The summed E-state index contributed by atoms with van der Waals surface area (Å²) >= 11 is 0. The van der Waals surface area contributed by atoms with E-state index in [1.54, 1.807) is 46.1 Å². The van der Waals surface area contributed by atoms with E-state index >= 15 is 0 Å². The van der Waals surface area contributed by atoms with Crippen molar-refractivity contribution in [2.24, 2.45) is 23.7 Å². The van der Waals surface area contributed by atoms with E-state index < -0.39 is 5.97 Å². The van der Waals surface area contributed by atoms with E-state index in [-0.39, 0.29) is 23.4 Å². The van der Waals surface area contributed by atoms with Gasteiger partial charge in [-0.3, -0.25) is 14.4 Å². The van der Waals surface area contributed by atoms with Crippen LogP contribution in [0.3, 0.4) is 0 Å². The van der Waals surface area contributed by atoms with Crippen molar-refractivity contribution in [2.45, 2.75) is 81.1 Å². The molecule has 1 saturated heterocycles. The first-order chi connectivity index (χ1) is 26.1. The number of hydrogen-bond donors (Lipinski definition) is 1. The predicted octanol–water partition coefficient (Wildman–Crippen LogP) is 6.91. The number of nitrogens with zero attached hydrogens (tertiary/aromatic N) is 7. The summed E-state index contributed by atoms with van der Waals surface area (Å²) in [5, 5.41) is 17.4. The number of ether oxygens (including phenoxy) is 1.